The van der Waals surface area contributed by atoms with Crippen molar-refractivity contribution in [1.82, 2.24) is 9.80 Å². The Kier molecular flexibility index (Phi) is 15.7. The molecule has 0 radical (unpaired) electrons. The zero-order valence-corrected chi connectivity index (χ0v) is 19.6. The predicted octanol–water partition coefficient (Wildman–Crippen LogP) is 3.93. The quantitative estimate of drug-likeness (QED) is 0.610. The number of aryl methyl sites for hydroxylation is 1. The van der Waals surface area contributed by atoms with Gasteiger partial charge in [0, 0.05) is 37.4 Å². The molecule has 2 rings (SSSR count). The summed E-state index contributed by atoms with van der Waals surface area (Å²) in [5.41, 5.74) is 4.95. The molecule has 5 nitrogen and oxygen atoms in total. The molecule has 0 bridgehead atoms. The summed E-state index contributed by atoms with van der Waals surface area (Å²) in [4.78, 5) is 13.8. The zero-order valence-electron chi connectivity index (χ0n) is 19.6. The molecule has 0 aliphatic carbocycles. The number of hydrogen-bond donors (Lipinski definition) is 1. The van der Waals surface area contributed by atoms with Crippen LogP contribution in [0.1, 0.15) is 50.3 Å². The highest BCUT2D eigenvalue weighted by Gasteiger charge is 2.10. The number of anilines is 1. The number of rotatable bonds is 4. The molecule has 164 valence electrons. The summed E-state index contributed by atoms with van der Waals surface area (Å²) in [6, 6.07) is 4.37. The third-order valence-electron chi connectivity index (χ3n) is 4.48. The van der Waals surface area contributed by atoms with Crippen molar-refractivity contribution in [2.24, 2.45) is 0 Å². The molecule has 0 amide bonds. The first-order valence-corrected chi connectivity index (χ1v) is 10.6. The van der Waals surface area contributed by atoms with Crippen LogP contribution in [0.3, 0.4) is 0 Å². The van der Waals surface area contributed by atoms with E-state index in [9.17, 15) is 0 Å². The van der Waals surface area contributed by atoms with E-state index in [2.05, 4.69) is 85.5 Å². The van der Waals surface area contributed by atoms with Crippen molar-refractivity contribution in [3.8, 4) is 11.8 Å². The largest absolute Gasteiger partial charge is 0.471 e. The van der Waals surface area contributed by atoms with Crippen LogP contribution in [0, 0.1) is 25.7 Å². The van der Waals surface area contributed by atoms with E-state index in [0.29, 0.717) is 6.47 Å². The lowest BCUT2D eigenvalue weighted by molar-refractivity contribution is -0.126. The van der Waals surface area contributed by atoms with Crippen LogP contribution in [0.4, 0.5) is 5.69 Å². The highest BCUT2D eigenvalue weighted by atomic mass is 16.5. The molecule has 29 heavy (non-hydrogen) atoms. The Bertz CT molecular complexity index is 635. The number of ether oxygens (including phenoxy) is 1. The number of carbonyl (C=O) groups excluding carboxylic acids is 1. The minimum atomic E-state index is 0.375. The number of methoxy groups -OCH3 is 1. The molecule has 1 heterocycles. The van der Waals surface area contributed by atoms with Gasteiger partial charge in [0.1, 0.15) is 0 Å². The summed E-state index contributed by atoms with van der Waals surface area (Å²) in [6.07, 6.45) is 2.49. The second-order valence-electron chi connectivity index (χ2n) is 7.27. The maximum Gasteiger partial charge on any atom is 0.292 e. The molecule has 1 aromatic rings. The summed E-state index contributed by atoms with van der Waals surface area (Å²) >= 11 is 0. The van der Waals surface area contributed by atoms with Crippen LogP contribution in [-0.2, 0) is 9.53 Å². The predicted molar refractivity (Wildman–Crippen MR) is 125 cm³/mol. The normalized spacial score (nSPS) is 14.0. The SMILES string of the molecule is CCC.CCNc1cc(C#CCN2CCCN(C)CC2)cc(C)c1C.COC=O. The topological polar surface area (TPSA) is 44.8 Å². The average Bonchev–Trinajstić information content (AvgIpc) is 2.91. The lowest BCUT2D eigenvalue weighted by Gasteiger charge is -2.16. The van der Waals surface area contributed by atoms with Gasteiger partial charge in [-0.05, 0) is 64.0 Å². The Balaban J connectivity index is 0.000000975. The van der Waals surface area contributed by atoms with Crippen LogP contribution >= 0.6 is 0 Å². The molecule has 1 aromatic carbocycles. The summed E-state index contributed by atoms with van der Waals surface area (Å²) in [7, 11) is 3.51. The lowest BCUT2D eigenvalue weighted by Crippen LogP contribution is -2.29. The van der Waals surface area contributed by atoms with Crippen LogP contribution in [-0.4, -0.2) is 69.7 Å². The maximum absolute atomic E-state index is 8.95. The Morgan fingerprint density at radius 3 is 2.38 bits per heavy atom. The number of nitrogens with one attached hydrogen (secondary N) is 1. The van der Waals surface area contributed by atoms with Crippen LogP contribution in [0.25, 0.3) is 0 Å². The Morgan fingerprint density at radius 2 is 1.79 bits per heavy atom. The molecule has 1 saturated heterocycles. The lowest BCUT2D eigenvalue weighted by atomic mass is 10.0. The zero-order chi connectivity index (χ0) is 22.1. The van der Waals surface area contributed by atoms with Crippen molar-refractivity contribution >= 4 is 12.2 Å². The van der Waals surface area contributed by atoms with Gasteiger partial charge in [-0.15, -0.1) is 0 Å². The Morgan fingerprint density at radius 1 is 1.14 bits per heavy atom. The molecular formula is C24H41N3O2. The standard InChI is InChI=1S/C19H29N3.C3H8.C2H4O2/c1-5-20-19-15-18(14-16(2)17(19)3)8-6-10-22-11-7-9-21(4)12-13-22;1-3-2;1-4-2-3/h14-15,20H,5,7,9-13H2,1-4H3;3H2,1-2H3;2H,1H3. The third-order valence-corrected chi connectivity index (χ3v) is 4.48. The molecule has 1 aliphatic heterocycles. The summed E-state index contributed by atoms with van der Waals surface area (Å²) in [5, 5.41) is 3.43. The minimum Gasteiger partial charge on any atom is -0.471 e. The molecule has 0 atom stereocenters. The monoisotopic (exact) mass is 403 g/mol. The van der Waals surface area contributed by atoms with E-state index in [1.165, 1.54) is 43.3 Å². The Hall–Kier alpha value is -2.03. The van der Waals surface area contributed by atoms with E-state index in [4.69, 9.17) is 4.79 Å². The van der Waals surface area contributed by atoms with E-state index in [-0.39, 0.29) is 0 Å². The van der Waals surface area contributed by atoms with Gasteiger partial charge in [-0.25, -0.2) is 0 Å². The molecule has 1 aliphatic rings. The average molecular weight is 404 g/mol. The van der Waals surface area contributed by atoms with Crippen molar-refractivity contribution < 1.29 is 9.53 Å². The molecule has 1 fully saturated rings. The molecular weight excluding hydrogens is 362 g/mol. The molecule has 0 saturated carbocycles. The number of carbonyl (C=O) groups is 1. The first kappa shape index (κ1) is 27.0. The van der Waals surface area contributed by atoms with Gasteiger partial charge in [0.25, 0.3) is 6.47 Å². The number of likely N-dealkylation sites (N-methyl/N-ethyl adjacent to an activating group) is 1. The van der Waals surface area contributed by atoms with Gasteiger partial charge < -0.3 is 15.0 Å². The molecule has 1 N–H and O–H groups in total. The van der Waals surface area contributed by atoms with Crippen LogP contribution in [0.2, 0.25) is 0 Å². The fourth-order valence-corrected chi connectivity index (χ4v) is 2.82. The molecule has 0 aromatic heterocycles. The van der Waals surface area contributed by atoms with Crippen molar-refractivity contribution in [1.29, 1.82) is 0 Å². The van der Waals surface area contributed by atoms with Gasteiger partial charge in [-0.1, -0.05) is 32.1 Å². The second kappa shape index (κ2) is 16.9. The highest BCUT2D eigenvalue weighted by Crippen LogP contribution is 2.20. The first-order chi connectivity index (χ1) is 13.9. The van der Waals surface area contributed by atoms with E-state index in [1.807, 2.05) is 0 Å². The molecule has 5 heteroatoms. The molecule has 0 unspecified atom stereocenters. The van der Waals surface area contributed by atoms with Gasteiger partial charge in [-0.3, -0.25) is 9.69 Å². The van der Waals surface area contributed by atoms with E-state index in [1.54, 1.807) is 0 Å². The van der Waals surface area contributed by atoms with Crippen molar-refractivity contribution in [2.75, 3.05) is 58.7 Å². The van der Waals surface area contributed by atoms with Crippen LogP contribution < -0.4 is 5.32 Å². The van der Waals surface area contributed by atoms with Gasteiger partial charge >= 0.3 is 0 Å². The summed E-state index contributed by atoms with van der Waals surface area (Å²) < 4.78 is 3.86. The summed E-state index contributed by atoms with van der Waals surface area (Å²) in [6.45, 7) is 17.5. The van der Waals surface area contributed by atoms with Crippen LogP contribution in [0.15, 0.2) is 12.1 Å². The van der Waals surface area contributed by atoms with Crippen molar-refractivity contribution in [3.05, 3.63) is 28.8 Å². The van der Waals surface area contributed by atoms with Gasteiger partial charge in [0.05, 0.1) is 13.7 Å². The summed E-state index contributed by atoms with van der Waals surface area (Å²) in [5.74, 6) is 6.70. The molecule has 0 spiro atoms. The van der Waals surface area contributed by atoms with Crippen molar-refractivity contribution in [2.45, 2.75) is 47.5 Å². The van der Waals surface area contributed by atoms with E-state index in [0.717, 1.165) is 38.3 Å². The van der Waals surface area contributed by atoms with Crippen LogP contribution in [0.5, 0.6) is 0 Å². The van der Waals surface area contributed by atoms with E-state index < -0.39 is 0 Å². The van der Waals surface area contributed by atoms with Gasteiger partial charge in [0.2, 0.25) is 0 Å². The fourth-order valence-electron chi connectivity index (χ4n) is 2.82. The highest BCUT2D eigenvalue weighted by molar-refractivity contribution is 5.59. The van der Waals surface area contributed by atoms with E-state index >= 15 is 0 Å². The third kappa shape index (κ3) is 12.2. The maximum atomic E-state index is 8.95. The number of benzene rings is 1. The fraction of sp³-hybridized carbons (Fsp3) is 0.625. The van der Waals surface area contributed by atoms with Crippen molar-refractivity contribution in [3.63, 3.8) is 0 Å². The Labute approximate surface area is 178 Å². The second-order valence-corrected chi connectivity index (χ2v) is 7.27. The number of hydrogen-bond acceptors (Lipinski definition) is 5. The first-order valence-electron chi connectivity index (χ1n) is 10.6. The van der Waals surface area contributed by atoms with Gasteiger partial charge in [-0.2, -0.15) is 0 Å². The minimum absolute atomic E-state index is 0.375. The smallest absolute Gasteiger partial charge is 0.292 e. The number of nitrogens with zero attached hydrogens (tertiary/aromatic N) is 2. The van der Waals surface area contributed by atoms with Gasteiger partial charge in [0.15, 0.2) is 0 Å².